The van der Waals surface area contributed by atoms with E-state index in [1.54, 1.807) is 17.0 Å². The Bertz CT molecular complexity index is 916. The molecule has 3 rings (SSSR count). The lowest BCUT2D eigenvalue weighted by atomic mass is 10.2. The smallest absolute Gasteiger partial charge is 0.271 e. The molecular formula is C17H14F2N4O2. The van der Waals surface area contributed by atoms with Crippen molar-refractivity contribution < 1.29 is 18.0 Å². The Morgan fingerprint density at radius 1 is 1.16 bits per heavy atom. The fraction of sp³-hybridized carbons (Fsp3) is 0.118. The van der Waals surface area contributed by atoms with Gasteiger partial charge in [0.1, 0.15) is 23.0 Å². The van der Waals surface area contributed by atoms with E-state index in [0.29, 0.717) is 11.4 Å². The van der Waals surface area contributed by atoms with E-state index in [0.717, 1.165) is 12.1 Å². The molecular weight excluding hydrogens is 330 g/mol. The maximum absolute atomic E-state index is 13.9. The molecule has 0 bridgehead atoms. The van der Waals surface area contributed by atoms with Crippen molar-refractivity contribution in [3.05, 3.63) is 53.9 Å². The lowest BCUT2D eigenvalue weighted by Gasteiger charge is -2.10. The van der Waals surface area contributed by atoms with Gasteiger partial charge in [0.2, 0.25) is 5.89 Å². The van der Waals surface area contributed by atoms with E-state index in [1.165, 1.54) is 12.3 Å². The number of halogens is 2. The second-order valence-corrected chi connectivity index (χ2v) is 5.46. The number of benzene rings is 1. The molecule has 0 saturated carbocycles. The molecule has 25 heavy (non-hydrogen) atoms. The van der Waals surface area contributed by atoms with Crippen LogP contribution < -0.4 is 10.6 Å². The number of carbonyl (C=O) groups is 1. The second kappa shape index (κ2) is 6.31. The number of rotatable bonds is 4. The Kier molecular flexibility index (Phi) is 4.18. The number of amides is 1. The average Bonchev–Trinajstić information content (AvgIpc) is 3.00. The van der Waals surface area contributed by atoms with Crippen molar-refractivity contribution in [2.24, 2.45) is 5.73 Å². The van der Waals surface area contributed by atoms with Gasteiger partial charge in [0, 0.05) is 25.9 Å². The zero-order valence-corrected chi connectivity index (χ0v) is 13.5. The van der Waals surface area contributed by atoms with Crippen molar-refractivity contribution in [2.45, 2.75) is 0 Å². The van der Waals surface area contributed by atoms with E-state index < -0.39 is 23.1 Å². The van der Waals surface area contributed by atoms with Gasteiger partial charge in [-0.05, 0) is 24.3 Å². The molecule has 1 amide bonds. The summed E-state index contributed by atoms with van der Waals surface area (Å²) in [7, 11) is 3.65. The second-order valence-electron chi connectivity index (χ2n) is 5.46. The molecule has 0 aliphatic carbocycles. The zero-order valence-electron chi connectivity index (χ0n) is 13.5. The topological polar surface area (TPSA) is 85.3 Å². The number of nitrogens with zero attached hydrogens (tertiary/aromatic N) is 3. The summed E-state index contributed by atoms with van der Waals surface area (Å²) in [5.41, 5.74) is 5.04. The maximum Gasteiger partial charge on any atom is 0.271 e. The predicted molar refractivity (Wildman–Crippen MR) is 87.9 cm³/mol. The minimum Gasteiger partial charge on any atom is -0.435 e. The van der Waals surface area contributed by atoms with Crippen LogP contribution in [0, 0.1) is 11.6 Å². The molecule has 2 N–H and O–H groups in total. The predicted octanol–water partition coefficient (Wildman–Crippen LogP) is 2.85. The SMILES string of the molecule is CN(C)c1ccc(-c2oc(-c3c(F)cccc3F)nc2C(N)=O)cn1. The van der Waals surface area contributed by atoms with E-state index >= 15 is 0 Å². The van der Waals surface area contributed by atoms with Gasteiger partial charge in [0.25, 0.3) is 5.91 Å². The van der Waals surface area contributed by atoms with Crippen molar-refractivity contribution >= 4 is 11.7 Å². The van der Waals surface area contributed by atoms with Gasteiger partial charge in [-0.1, -0.05) is 6.07 Å². The Hall–Kier alpha value is -3.29. The van der Waals surface area contributed by atoms with E-state index in [2.05, 4.69) is 9.97 Å². The Morgan fingerprint density at radius 3 is 2.36 bits per heavy atom. The van der Waals surface area contributed by atoms with Crippen LogP contribution in [0.25, 0.3) is 22.8 Å². The van der Waals surface area contributed by atoms with Crippen LogP contribution in [0.15, 0.2) is 40.9 Å². The molecule has 0 fully saturated rings. The van der Waals surface area contributed by atoms with Crippen LogP contribution in [-0.4, -0.2) is 30.0 Å². The number of oxazole rings is 1. The molecule has 3 aromatic rings. The normalized spacial score (nSPS) is 10.7. The molecule has 0 unspecified atom stereocenters. The quantitative estimate of drug-likeness (QED) is 0.787. The highest BCUT2D eigenvalue weighted by Crippen LogP contribution is 2.32. The molecule has 0 atom stereocenters. The summed E-state index contributed by atoms with van der Waals surface area (Å²) in [5, 5.41) is 0. The first kappa shape index (κ1) is 16.6. The largest absolute Gasteiger partial charge is 0.435 e. The number of aromatic nitrogens is 2. The van der Waals surface area contributed by atoms with Gasteiger partial charge >= 0.3 is 0 Å². The van der Waals surface area contributed by atoms with Crippen molar-refractivity contribution in [2.75, 3.05) is 19.0 Å². The minimum absolute atomic E-state index is 0.00274. The summed E-state index contributed by atoms with van der Waals surface area (Å²) < 4.78 is 33.4. The zero-order chi connectivity index (χ0) is 18.1. The minimum atomic E-state index is -0.876. The first-order chi connectivity index (χ1) is 11.9. The van der Waals surface area contributed by atoms with Gasteiger partial charge in [-0.2, -0.15) is 0 Å². The molecule has 128 valence electrons. The average molecular weight is 344 g/mol. The molecule has 6 nitrogen and oxygen atoms in total. The summed E-state index contributed by atoms with van der Waals surface area (Å²) in [6.07, 6.45) is 1.46. The van der Waals surface area contributed by atoms with Gasteiger partial charge in [-0.3, -0.25) is 4.79 Å². The molecule has 1 aromatic carbocycles. The van der Waals surface area contributed by atoms with E-state index in [1.807, 2.05) is 14.1 Å². The number of anilines is 1. The third-order valence-corrected chi connectivity index (χ3v) is 3.51. The van der Waals surface area contributed by atoms with Crippen LogP contribution in [-0.2, 0) is 0 Å². The van der Waals surface area contributed by atoms with Gasteiger partial charge in [0.15, 0.2) is 11.5 Å². The first-order valence-corrected chi connectivity index (χ1v) is 7.27. The van der Waals surface area contributed by atoms with Crippen LogP contribution in [0.4, 0.5) is 14.6 Å². The van der Waals surface area contributed by atoms with Crippen LogP contribution in [0.5, 0.6) is 0 Å². The van der Waals surface area contributed by atoms with E-state index in [4.69, 9.17) is 10.2 Å². The fourth-order valence-electron chi connectivity index (χ4n) is 2.28. The molecule has 0 radical (unpaired) electrons. The lowest BCUT2D eigenvalue weighted by Crippen LogP contribution is -2.13. The molecule has 0 aliphatic rings. The van der Waals surface area contributed by atoms with E-state index in [-0.39, 0.29) is 17.3 Å². The van der Waals surface area contributed by atoms with Crippen LogP contribution >= 0.6 is 0 Å². The van der Waals surface area contributed by atoms with Crippen molar-refractivity contribution in [3.8, 4) is 22.8 Å². The van der Waals surface area contributed by atoms with E-state index in [9.17, 15) is 13.6 Å². The third-order valence-electron chi connectivity index (χ3n) is 3.51. The summed E-state index contributed by atoms with van der Waals surface area (Å²) >= 11 is 0. The van der Waals surface area contributed by atoms with Crippen molar-refractivity contribution in [1.82, 2.24) is 9.97 Å². The number of hydrogen-bond acceptors (Lipinski definition) is 5. The molecule has 0 aliphatic heterocycles. The highest BCUT2D eigenvalue weighted by molar-refractivity contribution is 5.97. The summed E-state index contributed by atoms with van der Waals surface area (Å²) in [6.45, 7) is 0. The lowest BCUT2D eigenvalue weighted by molar-refractivity contribution is 0.0996. The van der Waals surface area contributed by atoms with Crippen molar-refractivity contribution in [1.29, 1.82) is 0 Å². The van der Waals surface area contributed by atoms with Crippen LogP contribution in [0.3, 0.4) is 0 Å². The number of pyridine rings is 1. The summed E-state index contributed by atoms with van der Waals surface area (Å²) in [4.78, 5) is 21.5. The molecule has 0 saturated heterocycles. The monoisotopic (exact) mass is 344 g/mol. The first-order valence-electron chi connectivity index (χ1n) is 7.27. The molecule has 2 aromatic heterocycles. The highest BCUT2D eigenvalue weighted by Gasteiger charge is 2.24. The van der Waals surface area contributed by atoms with Crippen molar-refractivity contribution in [3.63, 3.8) is 0 Å². The summed E-state index contributed by atoms with van der Waals surface area (Å²) in [5.74, 6) is -2.27. The maximum atomic E-state index is 13.9. The number of primary amides is 1. The fourth-order valence-corrected chi connectivity index (χ4v) is 2.28. The molecule has 2 heterocycles. The van der Waals surface area contributed by atoms with Gasteiger partial charge in [0.05, 0.1) is 0 Å². The standard InChI is InChI=1S/C17H14F2N4O2/c1-23(2)12-7-6-9(8-21-12)15-14(16(20)24)22-17(25-15)13-10(18)4-3-5-11(13)19/h3-8H,1-2H3,(H2,20,24). The number of hydrogen-bond donors (Lipinski definition) is 1. The van der Waals surface area contributed by atoms with Gasteiger partial charge in [-0.25, -0.2) is 18.7 Å². The van der Waals surface area contributed by atoms with Crippen LogP contribution in [0.1, 0.15) is 10.5 Å². The Balaban J connectivity index is 2.14. The molecule has 8 heteroatoms. The highest BCUT2D eigenvalue weighted by atomic mass is 19.1. The summed E-state index contributed by atoms with van der Waals surface area (Å²) in [6, 6.07) is 6.71. The third kappa shape index (κ3) is 3.06. The Labute approximate surface area is 141 Å². The van der Waals surface area contributed by atoms with Gasteiger partial charge in [-0.15, -0.1) is 0 Å². The van der Waals surface area contributed by atoms with Gasteiger partial charge < -0.3 is 15.1 Å². The number of nitrogens with two attached hydrogens (primary N) is 1. The van der Waals surface area contributed by atoms with Crippen LogP contribution in [0.2, 0.25) is 0 Å². The Morgan fingerprint density at radius 2 is 1.84 bits per heavy atom. The molecule has 0 spiro atoms. The number of carbonyl (C=O) groups excluding carboxylic acids is 1.